The molecule has 3 fully saturated rings. The van der Waals surface area contributed by atoms with Crippen molar-refractivity contribution < 1.29 is 23.5 Å². The fourth-order valence-corrected chi connectivity index (χ4v) is 6.75. The Bertz CT molecular complexity index is 1480. The van der Waals surface area contributed by atoms with E-state index in [1.165, 1.54) is 11.0 Å². The minimum Gasteiger partial charge on any atom is -0.484 e. The Morgan fingerprint density at radius 1 is 1.12 bits per heavy atom. The zero-order chi connectivity index (χ0) is 29.8. The van der Waals surface area contributed by atoms with Gasteiger partial charge in [-0.2, -0.15) is 0 Å². The first-order valence-electron chi connectivity index (χ1n) is 15.0. The lowest BCUT2D eigenvalue weighted by Crippen LogP contribution is -2.36. The van der Waals surface area contributed by atoms with E-state index in [4.69, 9.17) is 14.5 Å². The quantitative estimate of drug-likeness (QED) is 0.244. The van der Waals surface area contributed by atoms with Crippen LogP contribution in [0, 0.1) is 11.7 Å². The van der Waals surface area contributed by atoms with Crippen LogP contribution in [0.4, 0.5) is 10.3 Å². The number of benzene rings is 1. The van der Waals surface area contributed by atoms with Gasteiger partial charge in [-0.25, -0.2) is 19.3 Å². The molecule has 0 N–H and O–H groups in total. The summed E-state index contributed by atoms with van der Waals surface area (Å²) >= 11 is 1.62. The van der Waals surface area contributed by atoms with Crippen LogP contribution in [0.5, 0.6) is 5.75 Å². The summed E-state index contributed by atoms with van der Waals surface area (Å²) in [6.45, 7) is 5.75. The molecule has 0 aliphatic carbocycles. The van der Waals surface area contributed by atoms with E-state index in [9.17, 15) is 14.0 Å². The Hall–Kier alpha value is -3.70. The van der Waals surface area contributed by atoms with Gasteiger partial charge in [0.05, 0.1) is 17.1 Å². The van der Waals surface area contributed by atoms with Gasteiger partial charge in [-0.15, -0.1) is 11.3 Å². The van der Waals surface area contributed by atoms with Crippen LogP contribution in [-0.4, -0.2) is 64.5 Å². The highest BCUT2D eigenvalue weighted by molar-refractivity contribution is 7.09. The number of ether oxygens (including phenoxy) is 2. The lowest BCUT2D eigenvalue weighted by Gasteiger charge is -2.31. The van der Waals surface area contributed by atoms with E-state index in [2.05, 4.69) is 21.8 Å². The van der Waals surface area contributed by atoms with Gasteiger partial charge < -0.3 is 14.4 Å². The smallest absolute Gasteiger partial charge is 0.256 e. The Kier molecular flexibility index (Phi) is 9.08. The number of likely N-dealkylation sites (tertiary alicyclic amines) is 1. The molecule has 0 spiro atoms. The van der Waals surface area contributed by atoms with Crippen molar-refractivity contribution in [2.24, 2.45) is 5.92 Å². The predicted octanol–water partition coefficient (Wildman–Crippen LogP) is 5.17. The SMILES string of the molecule is CCc1cnc(N2CCC(c3nc(COc4ccc(/C=C5\CC(=O)N(CC6CCOCC6)C5=O)cc4F)cs3)CC2)nc1. The summed E-state index contributed by atoms with van der Waals surface area (Å²) in [6, 6.07) is 4.59. The fraction of sp³-hybridized carbons (Fsp3) is 0.469. The molecule has 6 rings (SSSR count). The van der Waals surface area contributed by atoms with E-state index in [1.54, 1.807) is 29.5 Å². The average Bonchev–Trinajstić information content (AvgIpc) is 3.61. The molecule has 0 atom stereocenters. The zero-order valence-electron chi connectivity index (χ0n) is 24.3. The predicted molar refractivity (Wildman–Crippen MR) is 161 cm³/mol. The summed E-state index contributed by atoms with van der Waals surface area (Å²) in [5.74, 6) is 0.515. The summed E-state index contributed by atoms with van der Waals surface area (Å²) in [5, 5.41) is 3.05. The van der Waals surface area contributed by atoms with Crippen LogP contribution >= 0.6 is 11.3 Å². The van der Waals surface area contributed by atoms with E-state index < -0.39 is 5.82 Å². The van der Waals surface area contributed by atoms with E-state index in [-0.39, 0.29) is 36.5 Å². The summed E-state index contributed by atoms with van der Waals surface area (Å²) in [4.78, 5) is 42.8. The molecule has 226 valence electrons. The number of carbonyl (C=O) groups is 2. The molecule has 0 unspecified atom stereocenters. The van der Waals surface area contributed by atoms with Crippen LogP contribution in [0.25, 0.3) is 6.08 Å². The molecule has 0 bridgehead atoms. The number of aryl methyl sites for hydroxylation is 1. The molecular weight excluding hydrogens is 569 g/mol. The van der Waals surface area contributed by atoms with Crippen LogP contribution < -0.4 is 9.64 Å². The van der Waals surface area contributed by atoms with Crippen molar-refractivity contribution in [2.45, 2.75) is 58.0 Å². The minimum atomic E-state index is -0.526. The third-order valence-electron chi connectivity index (χ3n) is 8.41. The molecule has 1 aromatic carbocycles. The van der Waals surface area contributed by atoms with E-state index >= 15 is 0 Å². The maximum atomic E-state index is 14.9. The molecule has 0 saturated carbocycles. The molecule has 3 saturated heterocycles. The summed E-state index contributed by atoms with van der Waals surface area (Å²) in [6.07, 6.45) is 9.99. The molecule has 2 aromatic heterocycles. The van der Waals surface area contributed by atoms with Gasteiger partial charge in [-0.3, -0.25) is 14.5 Å². The second-order valence-electron chi connectivity index (χ2n) is 11.4. The molecule has 9 nitrogen and oxygen atoms in total. The summed E-state index contributed by atoms with van der Waals surface area (Å²) in [5.41, 5.74) is 2.80. The number of aromatic nitrogens is 3. The molecule has 43 heavy (non-hydrogen) atoms. The number of anilines is 1. The molecule has 0 radical (unpaired) electrons. The van der Waals surface area contributed by atoms with Crippen molar-refractivity contribution in [3.05, 3.63) is 69.2 Å². The number of thiazole rings is 1. The van der Waals surface area contributed by atoms with Gasteiger partial charge >= 0.3 is 0 Å². The maximum Gasteiger partial charge on any atom is 0.256 e. The number of nitrogens with zero attached hydrogens (tertiary/aromatic N) is 5. The van der Waals surface area contributed by atoms with Gasteiger partial charge in [-0.1, -0.05) is 13.0 Å². The van der Waals surface area contributed by atoms with Crippen LogP contribution in [0.2, 0.25) is 0 Å². The Labute approximate surface area is 254 Å². The Balaban J connectivity index is 1.01. The van der Waals surface area contributed by atoms with Crippen molar-refractivity contribution in [2.75, 3.05) is 37.7 Å². The van der Waals surface area contributed by atoms with Crippen molar-refractivity contribution in [1.29, 1.82) is 0 Å². The summed E-state index contributed by atoms with van der Waals surface area (Å²) in [7, 11) is 0. The van der Waals surface area contributed by atoms with E-state index in [0.717, 1.165) is 67.4 Å². The normalized spacial score (nSPS) is 19.5. The maximum absolute atomic E-state index is 14.9. The topological polar surface area (TPSA) is 97.8 Å². The molecule has 2 amide bonds. The van der Waals surface area contributed by atoms with Gasteiger partial charge in [0.25, 0.3) is 5.91 Å². The van der Waals surface area contributed by atoms with Crippen molar-refractivity contribution >= 4 is 35.2 Å². The second-order valence-corrected chi connectivity index (χ2v) is 12.3. The minimum absolute atomic E-state index is 0.0347. The van der Waals surface area contributed by atoms with Crippen LogP contribution in [-0.2, 0) is 27.4 Å². The van der Waals surface area contributed by atoms with Crippen molar-refractivity contribution in [1.82, 2.24) is 19.9 Å². The highest BCUT2D eigenvalue weighted by Crippen LogP contribution is 2.32. The Morgan fingerprint density at radius 3 is 2.60 bits per heavy atom. The standard InChI is InChI=1S/C32H36FN5O4S/c1-2-21-16-34-32(35-17-21)37-9-5-24(6-10-37)30-36-26(20-43-30)19-42-28-4-3-23(14-27(28)33)13-25-15-29(39)38(31(25)40)18-22-7-11-41-12-8-22/h3-4,13-14,16-17,20,22,24H,2,5-12,15,18-19H2,1H3/b25-13+. The molecule has 3 aliphatic rings. The highest BCUT2D eigenvalue weighted by atomic mass is 32.1. The number of carbonyl (C=O) groups excluding carboxylic acids is 2. The lowest BCUT2D eigenvalue weighted by molar-refractivity contribution is -0.138. The zero-order valence-corrected chi connectivity index (χ0v) is 25.2. The number of rotatable bonds is 9. The number of halogens is 1. The van der Waals surface area contributed by atoms with Crippen LogP contribution in [0.3, 0.4) is 0 Å². The van der Waals surface area contributed by atoms with E-state index in [1.807, 2.05) is 17.8 Å². The molecule has 3 aromatic rings. The lowest BCUT2D eigenvalue weighted by atomic mass is 9.98. The van der Waals surface area contributed by atoms with Gasteiger partial charge in [0, 0.05) is 62.1 Å². The molecule has 11 heteroatoms. The van der Waals surface area contributed by atoms with Gasteiger partial charge in [0.15, 0.2) is 11.6 Å². The van der Waals surface area contributed by atoms with E-state index in [0.29, 0.717) is 36.8 Å². The van der Waals surface area contributed by atoms with Crippen molar-refractivity contribution in [3.63, 3.8) is 0 Å². The van der Waals surface area contributed by atoms with Gasteiger partial charge in [-0.05, 0) is 67.4 Å². The third kappa shape index (κ3) is 6.94. The first-order chi connectivity index (χ1) is 21.0. The fourth-order valence-electron chi connectivity index (χ4n) is 5.78. The first-order valence-corrected chi connectivity index (χ1v) is 15.9. The van der Waals surface area contributed by atoms with Crippen LogP contribution in [0.15, 0.2) is 41.5 Å². The van der Waals surface area contributed by atoms with Gasteiger partial charge in [0.1, 0.15) is 6.61 Å². The molecule has 5 heterocycles. The average molecular weight is 606 g/mol. The van der Waals surface area contributed by atoms with Gasteiger partial charge in [0.2, 0.25) is 11.9 Å². The highest BCUT2D eigenvalue weighted by Gasteiger charge is 2.35. The number of imide groups is 1. The summed E-state index contributed by atoms with van der Waals surface area (Å²) < 4.78 is 26.1. The number of hydrogen-bond acceptors (Lipinski definition) is 9. The van der Waals surface area contributed by atoms with Crippen LogP contribution in [0.1, 0.15) is 66.8 Å². The number of hydrogen-bond donors (Lipinski definition) is 0. The monoisotopic (exact) mass is 605 g/mol. The number of amides is 2. The third-order valence-corrected chi connectivity index (χ3v) is 9.47. The largest absolute Gasteiger partial charge is 0.484 e. The molecular formula is C32H36FN5O4S. The first kappa shape index (κ1) is 29.4. The number of piperidine rings is 1. The molecule has 3 aliphatic heterocycles. The Morgan fingerprint density at radius 2 is 1.88 bits per heavy atom. The van der Waals surface area contributed by atoms with Crippen molar-refractivity contribution in [3.8, 4) is 5.75 Å². The second kappa shape index (κ2) is 13.3.